The van der Waals surface area contributed by atoms with Crippen LogP contribution in [-0.4, -0.2) is 216 Å². The molecule has 9 atom stereocenters. The summed E-state index contributed by atoms with van der Waals surface area (Å²) in [5.41, 5.74) is 85.0. The second-order valence-electron chi connectivity index (χ2n) is 23.1. The van der Waals surface area contributed by atoms with Gasteiger partial charge in [0.15, 0.2) is 41.7 Å². The van der Waals surface area contributed by atoms with Gasteiger partial charge < -0.3 is 144 Å². The van der Waals surface area contributed by atoms with Crippen LogP contribution in [0.25, 0.3) is 10.9 Å². The largest absolute Gasteiger partial charge is 0.481 e. The number of guanidine groups is 7. The van der Waals surface area contributed by atoms with Crippen molar-refractivity contribution in [1.82, 2.24) is 47.5 Å². The Morgan fingerprint density at radius 3 is 0.861 bits per heavy atom. The van der Waals surface area contributed by atoms with Crippen molar-refractivity contribution in [2.45, 2.75) is 164 Å². The second kappa shape index (κ2) is 46.5. The highest BCUT2D eigenvalue weighted by Gasteiger charge is 2.36. The standard InChI is InChI=1S/C58H103N31O12/c59-32(11-3-21-74-52(60)61)43(92)82-34(13-4-22-75-53(62)63)44(93)83-35(14-5-23-76-54(64)65)45(94)84-36(15-6-24-77-55(66)67)46(95)85-37(16-7-25-78-56(68)69)47(96)86-38(17-8-26-79-57(70)71)48(97)87-39(18-9-27-80-58(72)73)49(98)88-40(19-20-42(90)91)50(99)89-41(51(100)101)28-30-29-81-33-12-2-1-10-31(30)33/h1-2,10,12,29,32,34-41,81H,3-9,11,13-28,59H2,(H,82,92)(H,83,93)(H,84,94)(H,85,95)(H,86,96)(H,87,97)(H,88,98)(H,89,99)(H,90,91)(H,100,101)(H4,60,61,74)(H4,62,63,75)(H4,64,65,76)(H4,66,67,77)(H4,68,69,78)(H4,70,71,79)(H4,72,73,80)/t32-,34-,35-,36-,37-,38-,39-,40-,41-/m0/s1. The van der Waals surface area contributed by atoms with Gasteiger partial charge in [-0.3, -0.25) is 78.1 Å². The molecule has 41 N–H and O–H groups in total. The lowest BCUT2D eigenvalue weighted by Gasteiger charge is -2.28. The van der Waals surface area contributed by atoms with Gasteiger partial charge in [0.1, 0.15) is 48.3 Å². The molecule has 1 aromatic carbocycles. The first kappa shape index (κ1) is 85.4. The number of hydrogen-bond donors (Lipinski definition) is 26. The van der Waals surface area contributed by atoms with Gasteiger partial charge in [0.05, 0.1) is 6.04 Å². The maximum Gasteiger partial charge on any atom is 0.326 e. The Hall–Kier alpha value is -11.7. The highest BCUT2D eigenvalue weighted by Crippen LogP contribution is 2.20. The molecule has 43 nitrogen and oxygen atoms in total. The summed E-state index contributed by atoms with van der Waals surface area (Å²) in [6, 6.07) is -6.58. The fourth-order valence-electron chi connectivity index (χ4n) is 9.73. The number of nitrogens with two attached hydrogens (primary N) is 15. The number of hydrogen-bond acceptors (Lipinski definition) is 18. The number of carbonyl (C=O) groups is 10. The first-order chi connectivity index (χ1) is 47.8. The number of carboxylic acid groups (broad SMARTS) is 2. The minimum Gasteiger partial charge on any atom is -0.481 e. The van der Waals surface area contributed by atoms with E-state index in [-0.39, 0.29) is 177 Å². The number of para-hydroxylation sites is 1. The number of aromatic nitrogens is 1. The van der Waals surface area contributed by atoms with Crippen molar-refractivity contribution in [1.29, 1.82) is 0 Å². The monoisotopic (exact) mass is 1430 g/mol. The Balaban J connectivity index is 2.70. The smallest absolute Gasteiger partial charge is 0.326 e. The van der Waals surface area contributed by atoms with E-state index in [4.69, 9.17) is 86.0 Å². The summed E-state index contributed by atoms with van der Waals surface area (Å²) in [6.07, 6.45) is -0.488. The van der Waals surface area contributed by atoms with Crippen molar-refractivity contribution >= 4 is 112 Å². The van der Waals surface area contributed by atoms with Crippen molar-refractivity contribution in [2.24, 2.45) is 121 Å². The summed E-state index contributed by atoms with van der Waals surface area (Å²) in [6.45, 7) is -0.188. The third-order valence-electron chi connectivity index (χ3n) is 14.8. The van der Waals surface area contributed by atoms with Crippen LogP contribution in [-0.2, 0) is 54.4 Å². The Bertz CT molecular complexity index is 3250. The quantitative estimate of drug-likeness (QED) is 0.0166. The minimum absolute atomic E-state index is 0.000468. The molecule has 0 saturated carbocycles. The predicted molar refractivity (Wildman–Crippen MR) is 379 cm³/mol. The number of carbonyl (C=O) groups excluding carboxylic acids is 8. The normalized spacial score (nSPS) is 13.4. The van der Waals surface area contributed by atoms with Crippen LogP contribution in [0.1, 0.15) is 108 Å². The lowest BCUT2D eigenvalue weighted by Crippen LogP contribution is -2.60. The summed E-state index contributed by atoms with van der Waals surface area (Å²) >= 11 is 0. The number of amides is 8. The van der Waals surface area contributed by atoms with Crippen LogP contribution in [0.3, 0.4) is 0 Å². The Morgan fingerprint density at radius 2 is 0.594 bits per heavy atom. The Kier molecular flexibility index (Phi) is 39.3. The number of H-pyrrole nitrogens is 1. The van der Waals surface area contributed by atoms with Crippen molar-refractivity contribution in [2.75, 3.05) is 45.8 Å². The van der Waals surface area contributed by atoms with E-state index < -0.39 is 126 Å². The molecule has 43 heteroatoms. The van der Waals surface area contributed by atoms with Gasteiger partial charge in [-0.05, 0) is 108 Å². The molecule has 562 valence electrons. The molecule has 1 heterocycles. The molecule has 8 amide bonds. The molecule has 2 rings (SSSR count). The van der Waals surface area contributed by atoms with Gasteiger partial charge in [-0.15, -0.1) is 0 Å². The maximum atomic E-state index is 14.8. The number of aromatic amines is 1. The first-order valence-electron chi connectivity index (χ1n) is 32.3. The van der Waals surface area contributed by atoms with Crippen molar-refractivity contribution in [3.05, 3.63) is 36.0 Å². The molecule has 0 radical (unpaired) electrons. The molecular formula is C58H103N31O12. The molecule has 1 aromatic heterocycles. The van der Waals surface area contributed by atoms with E-state index in [0.717, 1.165) is 0 Å². The van der Waals surface area contributed by atoms with Gasteiger partial charge in [-0.1, -0.05) is 18.2 Å². The Morgan fingerprint density at radius 1 is 0.347 bits per heavy atom. The zero-order chi connectivity index (χ0) is 75.6. The maximum absolute atomic E-state index is 14.8. The van der Waals surface area contributed by atoms with E-state index in [1.54, 1.807) is 30.5 Å². The number of nitrogens with zero attached hydrogens (tertiary/aromatic N) is 7. The first-order valence-corrected chi connectivity index (χ1v) is 32.3. The van der Waals surface area contributed by atoms with Crippen LogP contribution < -0.4 is 129 Å². The lowest BCUT2D eigenvalue weighted by atomic mass is 10.0. The topological polar surface area (TPSA) is 800 Å². The lowest BCUT2D eigenvalue weighted by molar-refractivity contribution is -0.143. The summed E-state index contributed by atoms with van der Waals surface area (Å²) in [7, 11) is 0. The number of benzene rings is 1. The van der Waals surface area contributed by atoms with E-state index in [2.05, 4.69) is 82.5 Å². The summed E-state index contributed by atoms with van der Waals surface area (Å²) in [5, 5.41) is 41.2. The molecule has 0 fully saturated rings. The fraction of sp³-hybridized carbons (Fsp3) is 0.569. The average molecular weight is 1430 g/mol. The number of carboxylic acids is 2. The van der Waals surface area contributed by atoms with Gasteiger partial charge in [0.25, 0.3) is 0 Å². The zero-order valence-corrected chi connectivity index (χ0v) is 56.3. The van der Waals surface area contributed by atoms with Gasteiger partial charge in [0.2, 0.25) is 47.3 Å². The molecule has 101 heavy (non-hydrogen) atoms. The molecule has 0 aliphatic heterocycles. The van der Waals surface area contributed by atoms with Crippen LogP contribution in [0.4, 0.5) is 0 Å². The molecule has 0 aliphatic rings. The molecular weight excluding hydrogens is 1320 g/mol. The number of aliphatic imine (C=N–C) groups is 7. The van der Waals surface area contributed by atoms with Crippen LogP contribution in [0.5, 0.6) is 0 Å². The van der Waals surface area contributed by atoms with Gasteiger partial charge in [-0.2, -0.15) is 0 Å². The highest BCUT2D eigenvalue weighted by molar-refractivity contribution is 5.98. The van der Waals surface area contributed by atoms with Crippen LogP contribution in [0, 0.1) is 0 Å². The summed E-state index contributed by atoms with van der Waals surface area (Å²) in [5.74, 6) is -12.5. The molecule has 0 bridgehead atoms. The van der Waals surface area contributed by atoms with Crippen molar-refractivity contribution < 1.29 is 58.2 Å². The summed E-state index contributed by atoms with van der Waals surface area (Å²) < 4.78 is 0. The van der Waals surface area contributed by atoms with Crippen LogP contribution >= 0.6 is 0 Å². The number of fused-ring (bicyclic) bond motifs is 1. The number of nitrogens with one attached hydrogen (secondary N) is 9. The van der Waals surface area contributed by atoms with Crippen LogP contribution in [0.15, 0.2) is 65.4 Å². The SMILES string of the molecule is NC(N)=NCCC[C@H](NC(=O)[C@H](CCCN=C(N)N)NC(=O)[C@H](CCCN=C(N)N)NC(=O)[C@H](CCCN=C(N)N)NC(=O)[C@H](CCCN=C(N)N)NC(=O)[C@H](CCCN=C(N)N)NC(=O)[C@@H](N)CCCN=C(N)N)C(=O)N[C@@H](CCC(=O)O)C(=O)N[C@@H](Cc1c[nH]c2ccccc12)C(=O)O. The average Bonchev–Trinajstić information content (AvgIpc) is 1.71. The van der Waals surface area contributed by atoms with Gasteiger partial charge in [0, 0.05) is 75.8 Å². The van der Waals surface area contributed by atoms with E-state index in [9.17, 15) is 58.2 Å². The second-order valence-corrected chi connectivity index (χ2v) is 23.1. The van der Waals surface area contributed by atoms with E-state index in [1.807, 2.05) is 0 Å². The molecule has 2 aromatic rings. The van der Waals surface area contributed by atoms with E-state index >= 15 is 0 Å². The van der Waals surface area contributed by atoms with E-state index in [1.165, 1.54) is 0 Å². The molecule has 0 unspecified atom stereocenters. The van der Waals surface area contributed by atoms with Crippen LogP contribution in [0.2, 0.25) is 0 Å². The highest BCUT2D eigenvalue weighted by atomic mass is 16.4. The number of rotatable bonds is 50. The van der Waals surface area contributed by atoms with Gasteiger partial charge in [-0.25, -0.2) is 4.79 Å². The minimum atomic E-state index is -1.70. The summed E-state index contributed by atoms with van der Waals surface area (Å²) in [4.78, 5) is 170. The fourth-order valence-corrected chi connectivity index (χ4v) is 9.73. The molecule has 0 aliphatic carbocycles. The van der Waals surface area contributed by atoms with Gasteiger partial charge >= 0.3 is 11.9 Å². The predicted octanol–water partition coefficient (Wildman–Crippen LogP) is -9.76. The van der Waals surface area contributed by atoms with Crippen molar-refractivity contribution in [3.8, 4) is 0 Å². The molecule has 0 spiro atoms. The third-order valence-corrected chi connectivity index (χ3v) is 14.8. The zero-order valence-electron chi connectivity index (χ0n) is 56.3. The Labute approximate surface area is 582 Å². The number of aliphatic carboxylic acids is 2. The van der Waals surface area contributed by atoms with Crippen molar-refractivity contribution in [3.63, 3.8) is 0 Å². The third kappa shape index (κ3) is 36.5. The van der Waals surface area contributed by atoms with E-state index in [0.29, 0.717) is 22.9 Å². The molecule has 0 saturated heterocycles.